The molecule has 20 heavy (non-hydrogen) atoms. The Labute approximate surface area is 115 Å². The first-order chi connectivity index (χ1) is 9.56. The van der Waals surface area contributed by atoms with Crippen LogP contribution in [0.25, 0.3) is 0 Å². The average molecular weight is 280 g/mol. The van der Waals surface area contributed by atoms with Crippen LogP contribution in [0.1, 0.15) is 18.4 Å². The molecular formula is C13H16N2O5. The van der Waals surface area contributed by atoms with Crippen LogP contribution in [0, 0.1) is 10.1 Å². The highest BCUT2D eigenvalue weighted by Gasteiger charge is 2.25. The lowest BCUT2D eigenvalue weighted by atomic mass is 10.0. The van der Waals surface area contributed by atoms with Crippen LogP contribution in [0.4, 0.5) is 5.69 Å². The van der Waals surface area contributed by atoms with Gasteiger partial charge in [-0.05, 0) is 30.5 Å². The van der Waals surface area contributed by atoms with E-state index in [0.29, 0.717) is 24.9 Å². The summed E-state index contributed by atoms with van der Waals surface area (Å²) in [4.78, 5) is 21.8. The van der Waals surface area contributed by atoms with Gasteiger partial charge in [0.2, 0.25) is 0 Å². The van der Waals surface area contributed by atoms with Crippen LogP contribution >= 0.6 is 0 Å². The first-order valence-electron chi connectivity index (χ1n) is 6.37. The maximum atomic E-state index is 11.8. The molecule has 7 nitrogen and oxygen atoms in total. The van der Waals surface area contributed by atoms with Crippen molar-refractivity contribution in [3.8, 4) is 0 Å². The van der Waals surface area contributed by atoms with E-state index in [-0.39, 0.29) is 18.3 Å². The Bertz CT molecular complexity index is 480. The number of benzene rings is 1. The molecule has 1 aliphatic rings. The number of non-ortho nitro benzene ring substituents is 1. The van der Waals surface area contributed by atoms with Gasteiger partial charge in [-0.15, -0.1) is 0 Å². The Morgan fingerprint density at radius 1 is 1.40 bits per heavy atom. The minimum atomic E-state index is -0.479. The largest absolute Gasteiger partial charge is 0.460 e. The van der Waals surface area contributed by atoms with E-state index in [4.69, 9.17) is 4.74 Å². The third kappa shape index (κ3) is 3.75. The van der Waals surface area contributed by atoms with E-state index >= 15 is 0 Å². The predicted molar refractivity (Wildman–Crippen MR) is 69.9 cm³/mol. The molecule has 7 heteroatoms. The summed E-state index contributed by atoms with van der Waals surface area (Å²) in [7, 11) is 0. The fraction of sp³-hybridized carbons (Fsp3) is 0.462. The maximum Gasteiger partial charge on any atom is 0.323 e. The van der Waals surface area contributed by atoms with Gasteiger partial charge in [-0.2, -0.15) is 0 Å². The lowest BCUT2D eigenvalue weighted by Crippen LogP contribution is -2.46. The lowest BCUT2D eigenvalue weighted by molar-refractivity contribution is -0.384. The first-order valence-corrected chi connectivity index (χ1v) is 6.37. The number of aliphatic hydroxyl groups is 1. The molecule has 108 valence electrons. The van der Waals surface area contributed by atoms with Crippen LogP contribution in [0.5, 0.6) is 0 Å². The molecule has 1 fully saturated rings. The molecule has 1 saturated heterocycles. The number of hydrogen-bond acceptors (Lipinski definition) is 6. The topological polar surface area (TPSA) is 102 Å². The van der Waals surface area contributed by atoms with Gasteiger partial charge in [0.15, 0.2) is 0 Å². The number of nitrogens with one attached hydrogen (secondary N) is 1. The molecule has 0 bridgehead atoms. The summed E-state index contributed by atoms with van der Waals surface area (Å²) in [5.74, 6) is -0.366. The molecular weight excluding hydrogens is 264 g/mol. The van der Waals surface area contributed by atoms with Crippen LogP contribution < -0.4 is 5.32 Å². The van der Waals surface area contributed by atoms with Gasteiger partial charge >= 0.3 is 5.97 Å². The molecule has 0 spiro atoms. The van der Waals surface area contributed by atoms with Gasteiger partial charge in [-0.25, -0.2) is 0 Å². The van der Waals surface area contributed by atoms with Crippen LogP contribution in [0.3, 0.4) is 0 Å². The van der Waals surface area contributed by atoms with Crippen LogP contribution in [0.15, 0.2) is 24.3 Å². The fourth-order valence-electron chi connectivity index (χ4n) is 2.01. The quantitative estimate of drug-likeness (QED) is 0.479. The van der Waals surface area contributed by atoms with Crippen LogP contribution in [-0.2, 0) is 16.1 Å². The number of piperidine rings is 1. The van der Waals surface area contributed by atoms with E-state index in [2.05, 4.69) is 5.32 Å². The molecule has 0 unspecified atom stereocenters. The Morgan fingerprint density at radius 2 is 2.10 bits per heavy atom. The van der Waals surface area contributed by atoms with E-state index in [0.717, 1.165) is 0 Å². The smallest absolute Gasteiger partial charge is 0.323 e. The summed E-state index contributed by atoms with van der Waals surface area (Å²) in [6, 6.07) is 5.47. The van der Waals surface area contributed by atoms with Crippen LogP contribution in [-0.4, -0.2) is 34.7 Å². The van der Waals surface area contributed by atoms with Crippen molar-refractivity contribution in [1.29, 1.82) is 0 Å². The molecule has 1 heterocycles. The Morgan fingerprint density at radius 3 is 2.65 bits per heavy atom. The number of ether oxygens (including phenoxy) is 1. The summed E-state index contributed by atoms with van der Waals surface area (Å²) in [6.45, 7) is 0.467. The monoisotopic (exact) mass is 280 g/mol. The van der Waals surface area contributed by atoms with Crippen molar-refractivity contribution in [3.63, 3.8) is 0 Å². The van der Waals surface area contributed by atoms with E-state index < -0.39 is 17.1 Å². The van der Waals surface area contributed by atoms with Gasteiger partial charge in [0.05, 0.1) is 11.0 Å². The SMILES string of the molecule is O=C(OCc1ccc([N+](=O)[O-])cc1)[C@@H]1CC[C@@H](O)CN1. The number of esters is 1. The Kier molecular flexibility index (Phi) is 4.65. The molecule has 1 aromatic carbocycles. The van der Waals surface area contributed by atoms with Crippen molar-refractivity contribution in [3.05, 3.63) is 39.9 Å². The molecule has 2 N–H and O–H groups in total. The molecule has 0 aliphatic carbocycles. The maximum absolute atomic E-state index is 11.8. The number of nitro benzene ring substituents is 1. The van der Waals surface area contributed by atoms with Gasteiger partial charge in [-0.3, -0.25) is 14.9 Å². The van der Waals surface area contributed by atoms with Crippen molar-refractivity contribution in [2.75, 3.05) is 6.54 Å². The summed E-state index contributed by atoms with van der Waals surface area (Å²) in [6.07, 6.45) is 0.707. The molecule has 1 aliphatic heterocycles. The number of nitrogens with zero attached hydrogens (tertiary/aromatic N) is 1. The van der Waals surface area contributed by atoms with Gasteiger partial charge in [0.1, 0.15) is 12.6 Å². The molecule has 2 atom stereocenters. The highest BCUT2D eigenvalue weighted by Crippen LogP contribution is 2.14. The third-order valence-electron chi connectivity index (χ3n) is 3.20. The number of aliphatic hydroxyl groups excluding tert-OH is 1. The summed E-state index contributed by atoms with van der Waals surface area (Å²) >= 11 is 0. The van der Waals surface area contributed by atoms with Gasteiger partial charge in [0, 0.05) is 18.7 Å². The molecule has 0 aromatic heterocycles. The second-order valence-electron chi connectivity index (χ2n) is 4.72. The molecule has 0 amide bonds. The third-order valence-corrected chi connectivity index (χ3v) is 3.20. The molecule has 0 saturated carbocycles. The molecule has 0 radical (unpaired) electrons. The van der Waals surface area contributed by atoms with Gasteiger partial charge in [0.25, 0.3) is 5.69 Å². The van der Waals surface area contributed by atoms with E-state index in [1.165, 1.54) is 12.1 Å². The Hall–Kier alpha value is -1.99. The zero-order chi connectivity index (χ0) is 14.5. The fourth-order valence-corrected chi connectivity index (χ4v) is 2.01. The van der Waals surface area contributed by atoms with E-state index in [1.807, 2.05) is 0 Å². The van der Waals surface area contributed by atoms with Gasteiger partial charge in [-0.1, -0.05) is 0 Å². The standard InChI is InChI=1S/C13H16N2O5/c16-11-5-6-12(14-7-11)13(17)20-8-9-1-3-10(4-2-9)15(18)19/h1-4,11-12,14,16H,5-8H2/t11-,12+/m1/s1. The van der Waals surface area contributed by atoms with E-state index in [9.17, 15) is 20.0 Å². The number of carbonyl (C=O) groups is 1. The zero-order valence-corrected chi connectivity index (χ0v) is 10.8. The van der Waals surface area contributed by atoms with Crippen molar-refractivity contribution in [2.24, 2.45) is 0 Å². The minimum Gasteiger partial charge on any atom is -0.460 e. The second kappa shape index (κ2) is 6.44. The van der Waals surface area contributed by atoms with E-state index in [1.54, 1.807) is 12.1 Å². The number of rotatable bonds is 4. The Balaban J connectivity index is 1.82. The summed E-state index contributed by atoms with van der Waals surface area (Å²) < 4.78 is 5.15. The normalized spacial score (nSPS) is 22.2. The summed E-state index contributed by atoms with van der Waals surface area (Å²) in [5, 5.41) is 22.7. The predicted octanol–water partition coefficient (Wildman–Crippen LogP) is 0.751. The highest BCUT2D eigenvalue weighted by molar-refractivity contribution is 5.75. The number of nitro groups is 1. The lowest BCUT2D eigenvalue weighted by Gasteiger charge is -2.25. The highest BCUT2D eigenvalue weighted by atomic mass is 16.6. The van der Waals surface area contributed by atoms with Crippen molar-refractivity contribution < 1.29 is 19.6 Å². The first kappa shape index (κ1) is 14.4. The number of hydrogen-bond donors (Lipinski definition) is 2. The number of carbonyl (C=O) groups excluding carboxylic acids is 1. The van der Waals surface area contributed by atoms with Crippen LogP contribution in [0.2, 0.25) is 0 Å². The molecule has 2 rings (SSSR count). The summed E-state index contributed by atoms with van der Waals surface area (Å²) in [5.41, 5.74) is 0.697. The number of β-amino-alcohol motifs (C(OH)–C–C–N with tert-alkyl or cyclic N) is 1. The zero-order valence-electron chi connectivity index (χ0n) is 10.8. The minimum absolute atomic E-state index is 0.00279. The van der Waals surface area contributed by atoms with Crippen molar-refractivity contribution >= 4 is 11.7 Å². The second-order valence-corrected chi connectivity index (χ2v) is 4.72. The molecule has 1 aromatic rings. The van der Waals surface area contributed by atoms with Crippen molar-refractivity contribution in [2.45, 2.75) is 31.6 Å². The van der Waals surface area contributed by atoms with Crippen molar-refractivity contribution in [1.82, 2.24) is 5.32 Å². The van der Waals surface area contributed by atoms with Gasteiger partial charge < -0.3 is 15.2 Å². The average Bonchev–Trinajstić information content (AvgIpc) is 2.46.